The lowest BCUT2D eigenvalue weighted by Crippen LogP contribution is -2.42. The first-order valence-corrected chi connectivity index (χ1v) is 12.7. The van der Waals surface area contributed by atoms with Crippen LogP contribution in [0.4, 0.5) is 0 Å². The molecular formula is C31H39NO3. The molecule has 0 bridgehead atoms. The first-order valence-electron chi connectivity index (χ1n) is 12.7. The van der Waals surface area contributed by atoms with E-state index in [-0.39, 0.29) is 0 Å². The Morgan fingerprint density at radius 1 is 0.829 bits per heavy atom. The van der Waals surface area contributed by atoms with Crippen molar-refractivity contribution in [1.82, 2.24) is 4.90 Å². The fraction of sp³-hybridized carbons (Fsp3) is 0.419. The van der Waals surface area contributed by atoms with Gasteiger partial charge < -0.3 is 19.1 Å². The molecule has 0 radical (unpaired) electrons. The van der Waals surface area contributed by atoms with Crippen LogP contribution in [0.2, 0.25) is 0 Å². The molecule has 0 saturated heterocycles. The van der Waals surface area contributed by atoms with E-state index in [1.165, 1.54) is 16.7 Å². The summed E-state index contributed by atoms with van der Waals surface area (Å²) in [6.45, 7) is 5.79. The van der Waals surface area contributed by atoms with E-state index in [4.69, 9.17) is 14.2 Å². The molecule has 0 spiro atoms. The Morgan fingerprint density at radius 2 is 1.43 bits per heavy atom. The minimum Gasteiger partial charge on any atom is -0.496 e. The van der Waals surface area contributed by atoms with Crippen LogP contribution >= 0.6 is 0 Å². The van der Waals surface area contributed by atoms with Crippen LogP contribution in [0.15, 0.2) is 78.9 Å². The summed E-state index contributed by atoms with van der Waals surface area (Å²) < 4.78 is 17.5. The van der Waals surface area contributed by atoms with E-state index >= 15 is 0 Å². The molecule has 4 atom stereocenters. The third-order valence-corrected chi connectivity index (χ3v) is 7.22. The van der Waals surface area contributed by atoms with Crippen molar-refractivity contribution in [3.63, 3.8) is 0 Å². The predicted octanol–water partition coefficient (Wildman–Crippen LogP) is 6.38. The number of para-hydroxylation sites is 2. The van der Waals surface area contributed by atoms with Gasteiger partial charge in [0.25, 0.3) is 0 Å². The van der Waals surface area contributed by atoms with E-state index in [2.05, 4.69) is 85.6 Å². The zero-order valence-corrected chi connectivity index (χ0v) is 21.5. The van der Waals surface area contributed by atoms with Crippen molar-refractivity contribution in [3.8, 4) is 11.5 Å². The molecule has 3 aromatic carbocycles. The number of hydrogen-bond acceptors (Lipinski definition) is 4. The summed E-state index contributed by atoms with van der Waals surface area (Å²) in [5, 5.41) is 0. The quantitative estimate of drug-likeness (QED) is 0.306. The van der Waals surface area contributed by atoms with Gasteiger partial charge in [-0.25, -0.2) is 0 Å². The highest BCUT2D eigenvalue weighted by atomic mass is 16.5. The summed E-state index contributed by atoms with van der Waals surface area (Å²) in [5.74, 6) is 3.81. The zero-order chi connectivity index (χ0) is 24.6. The molecule has 4 heteroatoms. The van der Waals surface area contributed by atoms with Crippen LogP contribution in [0.1, 0.15) is 41.9 Å². The van der Waals surface area contributed by atoms with Gasteiger partial charge in [0.15, 0.2) is 0 Å². The SMILES string of the molecule is COc1ccccc1C1CC(CN(C)C[C@H](C)COCc2ccccc2)C1c1ccccc1OC. The minimum absolute atomic E-state index is 0.398. The zero-order valence-electron chi connectivity index (χ0n) is 21.5. The molecule has 1 fully saturated rings. The Morgan fingerprint density at radius 3 is 2.11 bits per heavy atom. The molecule has 1 aliphatic rings. The number of methoxy groups -OCH3 is 2. The Labute approximate surface area is 210 Å². The van der Waals surface area contributed by atoms with Gasteiger partial charge in [-0.05, 0) is 66.0 Å². The molecular weight excluding hydrogens is 434 g/mol. The standard InChI is InChI=1S/C31H39NO3/c1-23(21-35-22-24-12-6-5-7-13-24)19-32(2)20-25-18-28(26-14-8-10-16-29(26)33-3)31(25)27-15-9-11-17-30(27)34-4/h5-17,23,25,28,31H,18-22H2,1-4H3/t23-,25?,28?,31?/m0/s1. The Balaban J connectivity index is 1.40. The van der Waals surface area contributed by atoms with E-state index in [9.17, 15) is 0 Å². The number of nitrogens with zero attached hydrogens (tertiary/aromatic N) is 1. The average molecular weight is 474 g/mol. The second-order valence-corrected chi connectivity index (χ2v) is 9.94. The van der Waals surface area contributed by atoms with Gasteiger partial charge in [0.2, 0.25) is 0 Å². The molecule has 0 N–H and O–H groups in total. The molecule has 4 nitrogen and oxygen atoms in total. The van der Waals surface area contributed by atoms with Crippen molar-refractivity contribution in [1.29, 1.82) is 0 Å². The molecule has 1 aliphatic carbocycles. The van der Waals surface area contributed by atoms with Crippen molar-refractivity contribution >= 4 is 0 Å². The van der Waals surface area contributed by atoms with Crippen LogP contribution in [-0.4, -0.2) is 45.9 Å². The fourth-order valence-corrected chi connectivity index (χ4v) is 5.66. The molecule has 3 unspecified atom stereocenters. The van der Waals surface area contributed by atoms with E-state index in [1.54, 1.807) is 14.2 Å². The molecule has 4 rings (SSSR count). The van der Waals surface area contributed by atoms with Gasteiger partial charge in [-0.1, -0.05) is 73.7 Å². The molecule has 0 amide bonds. The van der Waals surface area contributed by atoms with Gasteiger partial charge in [-0.15, -0.1) is 0 Å². The summed E-state index contributed by atoms with van der Waals surface area (Å²) in [5.41, 5.74) is 3.83. The number of hydrogen-bond donors (Lipinski definition) is 0. The van der Waals surface area contributed by atoms with E-state index in [1.807, 2.05) is 12.1 Å². The maximum atomic E-state index is 5.99. The number of benzene rings is 3. The average Bonchev–Trinajstić information content (AvgIpc) is 2.87. The molecule has 0 heterocycles. The molecule has 1 saturated carbocycles. The van der Waals surface area contributed by atoms with Crippen LogP contribution < -0.4 is 9.47 Å². The van der Waals surface area contributed by atoms with Crippen molar-refractivity contribution in [2.24, 2.45) is 11.8 Å². The summed E-state index contributed by atoms with van der Waals surface area (Å²) in [6, 6.07) is 27.3. The maximum Gasteiger partial charge on any atom is 0.122 e. The topological polar surface area (TPSA) is 30.9 Å². The van der Waals surface area contributed by atoms with Gasteiger partial charge in [0.1, 0.15) is 11.5 Å². The van der Waals surface area contributed by atoms with Gasteiger partial charge in [0.05, 0.1) is 27.4 Å². The highest BCUT2D eigenvalue weighted by Crippen LogP contribution is 2.57. The second kappa shape index (κ2) is 12.2. The van der Waals surface area contributed by atoms with Crippen LogP contribution in [-0.2, 0) is 11.3 Å². The minimum atomic E-state index is 0.398. The van der Waals surface area contributed by atoms with E-state index in [0.717, 1.165) is 37.6 Å². The molecule has 35 heavy (non-hydrogen) atoms. The maximum absolute atomic E-state index is 5.99. The third-order valence-electron chi connectivity index (χ3n) is 7.22. The predicted molar refractivity (Wildman–Crippen MR) is 142 cm³/mol. The van der Waals surface area contributed by atoms with Crippen LogP contribution in [0.25, 0.3) is 0 Å². The summed E-state index contributed by atoms with van der Waals surface area (Å²) >= 11 is 0. The monoisotopic (exact) mass is 473 g/mol. The molecule has 186 valence electrons. The normalized spacial score (nSPS) is 20.3. The van der Waals surface area contributed by atoms with Crippen LogP contribution in [0, 0.1) is 11.8 Å². The molecule has 3 aromatic rings. The second-order valence-electron chi connectivity index (χ2n) is 9.94. The Bertz CT molecular complexity index is 1050. The van der Waals surface area contributed by atoms with E-state index in [0.29, 0.717) is 30.3 Å². The van der Waals surface area contributed by atoms with Crippen molar-refractivity contribution in [2.75, 3.05) is 41.0 Å². The Hall–Kier alpha value is -2.82. The first kappa shape index (κ1) is 25.3. The van der Waals surface area contributed by atoms with Crippen LogP contribution in [0.5, 0.6) is 11.5 Å². The number of rotatable bonds is 12. The third kappa shape index (κ3) is 6.25. The summed E-state index contributed by atoms with van der Waals surface area (Å²) in [4.78, 5) is 2.47. The molecule has 0 aliphatic heterocycles. The number of ether oxygens (including phenoxy) is 3. The van der Waals surface area contributed by atoms with Crippen molar-refractivity contribution < 1.29 is 14.2 Å². The lowest BCUT2D eigenvalue weighted by atomic mass is 9.59. The Kier molecular flexibility index (Phi) is 8.84. The van der Waals surface area contributed by atoms with Gasteiger partial charge in [0, 0.05) is 13.1 Å². The highest BCUT2D eigenvalue weighted by molar-refractivity contribution is 5.46. The van der Waals surface area contributed by atoms with Gasteiger partial charge in [-0.2, -0.15) is 0 Å². The van der Waals surface area contributed by atoms with Gasteiger partial charge >= 0.3 is 0 Å². The summed E-state index contributed by atoms with van der Waals surface area (Å²) in [7, 11) is 5.78. The lowest BCUT2D eigenvalue weighted by Gasteiger charge is -2.47. The lowest BCUT2D eigenvalue weighted by molar-refractivity contribution is 0.0705. The first-order chi connectivity index (χ1) is 17.1. The van der Waals surface area contributed by atoms with Crippen molar-refractivity contribution in [3.05, 3.63) is 95.6 Å². The van der Waals surface area contributed by atoms with Crippen molar-refractivity contribution in [2.45, 2.75) is 31.8 Å². The smallest absolute Gasteiger partial charge is 0.122 e. The fourth-order valence-electron chi connectivity index (χ4n) is 5.66. The van der Waals surface area contributed by atoms with Gasteiger partial charge in [-0.3, -0.25) is 0 Å². The largest absolute Gasteiger partial charge is 0.496 e. The highest BCUT2D eigenvalue weighted by Gasteiger charge is 2.45. The van der Waals surface area contributed by atoms with E-state index < -0.39 is 0 Å². The van der Waals surface area contributed by atoms with Crippen LogP contribution in [0.3, 0.4) is 0 Å². The summed E-state index contributed by atoms with van der Waals surface area (Å²) in [6.07, 6.45) is 1.15. The molecule has 0 aromatic heterocycles.